The first-order valence-corrected chi connectivity index (χ1v) is 9.52. The van der Waals surface area contributed by atoms with Gasteiger partial charge in [0.1, 0.15) is 18.0 Å². The van der Waals surface area contributed by atoms with Crippen molar-refractivity contribution in [3.63, 3.8) is 0 Å². The molecule has 2 heterocycles. The monoisotopic (exact) mass is 390 g/mol. The summed E-state index contributed by atoms with van der Waals surface area (Å²) in [6.07, 6.45) is 0. The lowest BCUT2D eigenvalue weighted by Gasteiger charge is -2.02. The van der Waals surface area contributed by atoms with Crippen LogP contribution in [-0.4, -0.2) is 28.5 Å². The van der Waals surface area contributed by atoms with Crippen LogP contribution in [0.4, 0.5) is 0 Å². The fourth-order valence-electron chi connectivity index (χ4n) is 3.70. The van der Waals surface area contributed by atoms with Crippen molar-refractivity contribution in [3.05, 3.63) is 70.5 Å². The standard InChI is InChI=1S/C23H22N2O4/c1-4-28-23(27)21-14(3)20-13(2)16-10-19(24-17(16)11-18(20)25-21)22(26)29-12-15-8-6-5-7-9-15/h5-11,24-25H,4,12H2,1-3H3. The molecule has 0 atom stereocenters. The molecular weight excluding hydrogens is 368 g/mol. The van der Waals surface area contributed by atoms with Gasteiger partial charge in [0.2, 0.25) is 0 Å². The molecule has 4 rings (SSSR count). The fraction of sp³-hybridized carbons (Fsp3) is 0.217. The molecule has 0 radical (unpaired) electrons. The number of carbonyl (C=O) groups excluding carboxylic acids is 2. The topological polar surface area (TPSA) is 84.2 Å². The van der Waals surface area contributed by atoms with E-state index in [1.54, 1.807) is 13.0 Å². The minimum absolute atomic E-state index is 0.219. The first-order valence-electron chi connectivity index (χ1n) is 9.52. The Hall–Kier alpha value is -3.54. The predicted molar refractivity (Wildman–Crippen MR) is 111 cm³/mol. The summed E-state index contributed by atoms with van der Waals surface area (Å²) in [7, 11) is 0. The Kier molecular flexibility index (Phi) is 4.84. The van der Waals surface area contributed by atoms with Crippen molar-refractivity contribution >= 4 is 33.7 Å². The second-order valence-electron chi connectivity index (χ2n) is 6.98. The van der Waals surface area contributed by atoms with E-state index in [9.17, 15) is 9.59 Å². The third-order valence-electron chi connectivity index (χ3n) is 5.11. The van der Waals surface area contributed by atoms with Crippen LogP contribution < -0.4 is 0 Å². The number of aromatic amines is 2. The number of rotatable bonds is 5. The number of hydrogen-bond donors (Lipinski definition) is 2. The minimum atomic E-state index is -0.406. The number of ether oxygens (including phenoxy) is 2. The van der Waals surface area contributed by atoms with Crippen LogP contribution >= 0.6 is 0 Å². The van der Waals surface area contributed by atoms with E-state index in [-0.39, 0.29) is 12.6 Å². The molecule has 0 aliphatic heterocycles. The maximum atomic E-state index is 12.5. The molecule has 0 saturated carbocycles. The van der Waals surface area contributed by atoms with E-state index in [0.717, 1.165) is 38.5 Å². The first kappa shape index (κ1) is 18.8. The van der Waals surface area contributed by atoms with Gasteiger partial charge in [-0.1, -0.05) is 30.3 Å². The Labute approximate surface area is 167 Å². The molecule has 6 heteroatoms. The second-order valence-corrected chi connectivity index (χ2v) is 6.98. The Morgan fingerprint density at radius 1 is 0.897 bits per heavy atom. The summed E-state index contributed by atoms with van der Waals surface area (Å²) < 4.78 is 10.6. The Balaban J connectivity index is 1.67. The molecule has 2 aromatic carbocycles. The van der Waals surface area contributed by atoms with E-state index in [2.05, 4.69) is 9.97 Å². The van der Waals surface area contributed by atoms with Crippen molar-refractivity contribution in [1.29, 1.82) is 0 Å². The Morgan fingerprint density at radius 2 is 1.66 bits per heavy atom. The number of carbonyl (C=O) groups is 2. The number of fused-ring (bicyclic) bond motifs is 2. The summed E-state index contributed by atoms with van der Waals surface area (Å²) in [6, 6.07) is 13.3. The molecule has 0 fully saturated rings. The Bertz CT molecular complexity index is 1220. The molecular formula is C23H22N2O4. The van der Waals surface area contributed by atoms with Crippen molar-refractivity contribution in [1.82, 2.24) is 9.97 Å². The van der Waals surface area contributed by atoms with E-state index in [0.29, 0.717) is 18.0 Å². The summed E-state index contributed by atoms with van der Waals surface area (Å²) >= 11 is 0. The number of esters is 2. The largest absolute Gasteiger partial charge is 0.461 e. The van der Waals surface area contributed by atoms with Gasteiger partial charge in [-0.15, -0.1) is 0 Å². The van der Waals surface area contributed by atoms with Crippen molar-refractivity contribution in [3.8, 4) is 0 Å². The van der Waals surface area contributed by atoms with E-state index >= 15 is 0 Å². The molecule has 0 unspecified atom stereocenters. The highest BCUT2D eigenvalue weighted by molar-refractivity contribution is 6.07. The maximum Gasteiger partial charge on any atom is 0.355 e. The number of H-pyrrole nitrogens is 2. The quantitative estimate of drug-likeness (QED) is 0.480. The SMILES string of the molecule is CCOC(=O)c1[nH]c2cc3[nH]c(C(=O)OCc4ccccc4)cc3c(C)c2c1C. The van der Waals surface area contributed by atoms with Gasteiger partial charge < -0.3 is 19.4 Å². The average Bonchev–Trinajstić information content (AvgIpc) is 3.29. The van der Waals surface area contributed by atoms with Crippen LogP contribution in [0.25, 0.3) is 21.8 Å². The van der Waals surface area contributed by atoms with Crippen LogP contribution in [0.15, 0.2) is 42.5 Å². The zero-order chi connectivity index (χ0) is 20.5. The van der Waals surface area contributed by atoms with Crippen LogP contribution in [0.5, 0.6) is 0 Å². The number of aryl methyl sites for hydroxylation is 2. The second kappa shape index (κ2) is 7.47. The van der Waals surface area contributed by atoms with Crippen LogP contribution in [0.1, 0.15) is 44.6 Å². The molecule has 0 aliphatic rings. The van der Waals surface area contributed by atoms with E-state index in [1.165, 1.54) is 0 Å². The molecule has 2 N–H and O–H groups in total. The van der Waals surface area contributed by atoms with E-state index in [4.69, 9.17) is 9.47 Å². The third-order valence-corrected chi connectivity index (χ3v) is 5.11. The molecule has 0 aliphatic carbocycles. The number of nitrogens with one attached hydrogen (secondary N) is 2. The molecule has 29 heavy (non-hydrogen) atoms. The molecule has 0 bridgehead atoms. The fourth-order valence-corrected chi connectivity index (χ4v) is 3.70. The van der Waals surface area contributed by atoms with Gasteiger partial charge >= 0.3 is 11.9 Å². The van der Waals surface area contributed by atoms with Crippen LogP contribution in [0, 0.1) is 13.8 Å². The molecule has 148 valence electrons. The minimum Gasteiger partial charge on any atom is -0.461 e. The zero-order valence-corrected chi connectivity index (χ0v) is 16.6. The van der Waals surface area contributed by atoms with Gasteiger partial charge in [-0.3, -0.25) is 0 Å². The van der Waals surface area contributed by atoms with Gasteiger partial charge in [0.15, 0.2) is 0 Å². The highest BCUT2D eigenvalue weighted by atomic mass is 16.5. The van der Waals surface area contributed by atoms with Crippen LogP contribution in [0.3, 0.4) is 0 Å². The molecule has 4 aromatic rings. The summed E-state index contributed by atoms with van der Waals surface area (Å²) in [5.41, 5.74) is 5.24. The van der Waals surface area contributed by atoms with Gasteiger partial charge in [0, 0.05) is 21.8 Å². The van der Waals surface area contributed by atoms with Crippen molar-refractivity contribution in [2.45, 2.75) is 27.4 Å². The van der Waals surface area contributed by atoms with Crippen LogP contribution in [-0.2, 0) is 16.1 Å². The van der Waals surface area contributed by atoms with Crippen LogP contribution in [0.2, 0.25) is 0 Å². The highest BCUT2D eigenvalue weighted by Gasteiger charge is 2.20. The summed E-state index contributed by atoms with van der Waals surface area (Å²) in [6.45, 7) is 6.19. The number of aromatic nitrogens is 2. The average molecular weight is 390 g/mol. The van der Waals surface area contributed by atoms with Gasteiger partial charge in [0.05, 0.1) is 6.61 Å². The first-order chi connectivity index (χ1) is 14.0. The third kappa shape index (κ3) is 3.38. The molecule has 0 saturated heterocycles. The van der Waals surface area contributed by atoms with Crippen molar-refractivity contribution < 1.29 is 19.1 Å². The van der Waals surface area contributed by atoms with Gasteiger partial charge in [0.25, 0.3) is 0 Å². The van der Waals surface area contributed by atoms with Gasteiger partial charge in [-0.25, -0.2) is 9.59 Å². The number of hydrogen-bond acceptors (Lipinski definition) is 4. The highest BCUT2D eigenvalue weighted by Crippen LogP contribution is 2.32. The summed E-state index contributed by atoms with van der Waals surface area (Å²) in [5, 5.41) is 1.88. The molecule has 0 amide bonds. The summed E-state index contributed by atoms with van der Waals surface area (Å²) in [4.78, 5) is 31.0. The lowest BCUT2D eigenvalue weighted by atomic mass is 10.0. The van der Waals surface area contributed by atoms with E-state index < -0.39 is 5.97 Å². The molecule has 0 spiro atoms. The van der Waals surface area contributed by atoms with Crippen molar-refractivity contribution in [2.24, 2.45) is 0 Å². The zero-order valence-electron chi connectivity index (χ0n) is 16.6. The Morgan fingerprint density at radius 3 is 2.38 bits per heavy atom. The smallest absolute Gasteiger partial charge is 0.355 e. The maximum absolute atomic E-state index is 12.5. The lowest BCUT2D eigenvalue weighted by molar-refractivity contribution is 0.0465. The van der Waals surface area contributed by atoms with Gasteiger partial charge in [-0.05, 0) is 49.6 Å². The predicted octanol–water partition coefficient (Wildman–Crippen LogP) is 4.80. The lowest BCUT2D eigenvalue weighted by Crippen LogP contribution is -2.06. The molecule has 2 aromatic heterocycles. The van der Waals surface area contributed by atoms with E-state index in [1.807, 2.05) is 50.2 Å². The van der Waals surface area contributed by atoms with Gasteiger partial charge in [-0.2, -0.15) is 0 Å². The molecule has 6 nitrogen and oxygen atoms in total. The normalized spacial score (nSPS) is 11.1. The summed E-state index contributed by atoms with van der Waals surface area (Å²) in [5.74, 6) is -0.772. The van der Waals surface area contributed by atoms with Crippen molar-refractivity contribution in [2.75, 3.05) is 6.61 Å². The number of benzene rings is 2.